The maximum atomic E-state index is 12.5. The van der Waals surface area contributed by atoms with Gasteiger partial charge in [-0.15, -0.1) is 0 Å². The zero-order chi connectivity index (χ0) is 8.97. The summed E-state index contributed by atoms with van der Waals surface area (Å²) >= 11 is 0. The van der Waals surface area contributed by atoms with Crippen LogP contribution < -0.4 is 0 Å². The molecule has 64 valence electrons. The van der Waals surface area contributed by atoms with E-state index in [0.717, 1.165) is 5.56 Å². The maximum Gasteiger partial charge on any atom is 0.123 e. The fourth-order valence-electron chi connectivity index (χ4n) is 0.975. The van der Waals surface area contributed by atoms with Crippen molar-refractivity contribution in [2.45, 2.75) is 13.3 Å². The van der Waals surface area contributed by atoms with Gasteiger partial charge < -0.3 is 5.21 Å². The predicted octanol–water partition coefficient (Wildman–Crippen LogP) is 2.41. The number of hydrogen-bond acceptors (Lipinski definition) is 2. The monoisotopic (exact) mass is 167 g/mol. The van der Waals surface area contributed by atoms with Gasteiger partial charge in [0.1, 0.15) is 5.82 Å². The standard InChI is InChI=1S/C9H10FNO/c1-2-9(11-12)7-3-5-8(10)6-4-7/h3-6,12H,2H2,1H3/b11-9-. The molecular formula is C9H10FNO. The van der Waals surface area contributed by atoms with E-state index in [1.807, 2.05) is 6.92 Å². The number of benzene rings is 1. The van der Waals surface area contributed by atoms with Crippen LogP contribution in [0.1, 0.15) is 18.9 Å². The van der Waals surface area contributed by atoms with Crippen LogP contribution in [0.5, 0.6) is 0 Å². The maximum absolute atomic E-state index is 12.5. The number of oxime groups is 1. The first-order valence-electron chi connectivity index (χ1n) is 3.74. The van der Waals surface area contributed by atoms with Crippen LogP contribution in [0, 0.1) is 5.82 Å². The first-order chi connectivity index (χ1) is 5.77. The Balaban J connectivity index is 2.96. The Labute approximate surface area is 70.3 Å². The average molecular weight is 167 g/mol. The van der Waals surface area contributed by atoms with Crippen molar-refractivity contribution in [1.82, 2.24) is 0 Å². The van der Waals surface area contributed by atoms with Crippen molar-refractivity contribution in [1.29, 1.82) is 0 Å². The first kappa shape index (κ1) is 8.71. The van der Waals surface area contributed by atoms with Crippen LogP contribution in [-0.4, -0.2) is 10.9 Å². The zero-order valence-electron chi connectivity index (χ0n) is 6.79. The Hall–Kier alpha value is -1.38. The molecule has 0 aliphatic heterocycles. The van der Waals surface area contributed by atoms with Gasteiger partial charge in [-0.3, -0.25) is 0 Å². The second-order valence-electron chi connectivity index (χ2n) is 2.41. The smallest absolute Gasteiger partial charge is 0.123 e. The van der Waals surface area contributed by atoms with E-state index in [0.29, 0.717) is 12.1 Å². The number of rotatable bonds is 2. The van der Waals surface area contributed by atoms with E-state index >= 15 is 0 Å². The molecule has 3 heteroatoms. The van der Waals surface area contributed by atoms with Crippen LogP contribution in [0.15, 0.2) is 29.4 Å². The van der Waals surface area contributed by atoms with Gasteiger partial charge in [0.25, 0.3) is 0 Å². The van der Waals surface area contributed by atoms with Crippen molar-refractivity contribution in [2.75, 3.05) is 0 Å². The Morgan fingerprint density at radius 1 is 1.42 bits per heavy atom. The number of halogens is 1. The molecule has 12 heavy (non-hydrogen) atoms. The van der Waals surface area contributed by atoms with Gasteiger partial charge in [0, 0.05) is 0 Å². The minimum atomic E-state index is -0.285. The van der Waals surface area contributed by atoms with Crippen LogP contribution in [0.3, 0.4) is 0 Å². The molecule has 0 amide bonds. The normalized spacial score (nSPS) is 11.7. The van der Waals surface area contributed by atoms with E-state index in [2.05, 4.69) is 5.16 Å². The highest BCUT2D eigenvalue weighted by atomic mass is 19.1. The van der Waals surface area contributed by atoms with E-state index in [9.17, 15) is 4.39 Å². The molecule has 1 aromatic rings. The minimum absolute atomic E-state index is 0.285. The summed E-state index contributed by atoms with van der Waals surface area (Å²) in [6.45, 7) is 1.87. The molecule has 1 N–H and O–H groups in total. The van der Waals surface area contributed by atoms with Crippen molar-refractivity contribution in [3.05, 3.63) is 35.6 Å². The van der Waals surface area contributed by atoms with Crippen molar-refractivity contribution in [2.24, 2.45) is 5.16 Å². The first-order valence-corrected chi connectivity index (χ1v) is 3.74. The van der Waals surface area contributed by atoms with Crippen LogP contribution in [-0.2, 0) is 0 Å². The van der Waals surface area contributed by atoms with E-state index in [4.69, 9.17) is 5.21 Å². The minimum Gasteiger partial charge on any atom is -0.411 e. The van der Waals surface area contributed by atoms with Crippen LogP contribution in [0.25, 0.3) is 0 Å². The lowest BCUT2D eigenvalue weighted by molar-refractivity contribution is 0.318. The van der Waals surface area contributed by atoms with E-state index in [-0.39, 0.29) is 5.82 Å². The molecule has 0 radical (unpaired) electrons. The Bertz CT molecular complexity index is 279. The summed E-state index contributed by atoms with van der Waals surface area (Å²) in [4.78, 5) is 0. The molecule has 0 heterocycles. The molecule has 0 unspecified atom stereocenters. The van der Waals surface area contributed by atoms with Gasteiger partial charge in [0.05, 0.1) is 5.71 Å². The SMILES string of the molecule is CC/C(=N/O)c1ccc(F)cc1. The molecule has 0 bridgehead atoms. The third-order valence-corrected chi connectivity index (χ3v) is 1.63. The summed E-state index contributed by atoms with van der Waals surface area (Å²) in [7, 11) is 0. The van der Waals surface area contributed by atoms with E-state index in [1.165, 1.54) is 12.1 Å². The molecule has 2 nitrogen and oxygen atoms in total. The summed E-state index contributed by atoms with van der Waals surface area (Å²) in [5, 5.41) is 11.6. The van der Waals surface area contributed by atoms with E-state index in [1.54, 1.807) is 12.1 Å². The van der Waals surface area contributed by atoms with Gasteiger partial charge in [0.15, 0.2) is 0 Å². The molecule has 1 aromatic carbocycles. The highest BCUT2D eigenvalue weighted by Crippen LogP contribution is 2.06. The van der Waals surface area contributed by atoms with Gasteiger partial charge in [-0.1, -0.05) is 24.2 Å². The highest BCUT2D eigenvalue weighted by Gasteiger charge is 2.00. The summed E-state index contributed by atoms with van der Waals surface area (Å²) < 4.78 is 12.5. The molecule has 1 rings (SSSR count). The van der Waals surface area contributed by atoms with Gasteiger partial charge in [-0.05, 0) is 24.1 Å². The van der Waals surface area contributed by atoms with Crippen LogP contribution in [0.2, 0.25) is 0 Å². The lowest BCUT2D eigenvalue weighted by atomic mass is 10.1. The highest BCUT2D eigenvalue weighted by molar-refractivity contribution is 5.99. The lowest BCUT2D eigenvalue weighted by Crippen LogP contribution is -1.98. The van der Waals surface area contributed by atoms with Crippen LogP contribution in [0.4, 0.5) is 4.39 Å². The van der Waals surface area contributed by atoms with Crippen molar-refractivity contribution < 1.29 is 9.60 Å². The summed E-state index contributed by atoms with van der Waals surface area (Å²) in [5.74, 6) is -0.285. The topological polar surface area (TPSA) is 32.6 Å². The fraction of sp³-hybridized carbons (Fsp3) is 0.222. The van der Waals surface area contributed by atoms with E-state index < -0.39 is 0 Å². The molecule has 0 saturated carbocycles. The van der Waals surface area contributed by atoms with Gasteiger partial charge in [0.2, 0.25) is 0 Å². The van der Waals surface area contributed by atoms with Gasteiger partial charge in [-0.25, -0.2) is 4.39 Å². The Morgan fingerprint density at radius 3 is 2.42 bits per heavy atom. The quantitative estimate of drug-likeness (QED) is 0.409. The second-order valence-corrected chi connectivity index (χ2v) is 2.41. The lowest BCUT2D eigenvalue weighted by Gasteiger charge is -1.99. The van der Waals surface area contributed by atoms with Crippen molar-refractivity contribution >= 4 is 5.71 Å². The molecule has 0 fully saturated rings. The average Bonchev–Trinajstić information content (AvgIpc) is 2.10. The largest absolute Gasteiger partial charge is 0.411 e. The Kier molecular flexibility index (Phi) is 2.80. The molecule has 0 atom stereocenters. The van der Waals surface area contributed by atoms with Crippen molar-refractivity contribution in [3.8, 4) is 0 Å². The fourth-order valence-corrected chi connectivity index (χ4v) is 0.975. The van der Waals surface area contributed by atoms with Gasteiger partial charge in [-0.2, -0.15) is 0 Å². The number of hydrogen-bond donors (Lipinski definition) is 1. The zero-order valence-corrected chi connectivity index (χ0v) is 6.79. The third kappa shape index (κ3) is 1.81. The van der Waals surface area contributed by atoms with Crippen LogP contribution >= 0.6 is 0 Å². The van der Waals surface area contributed by atoms with Crippen molar-refractivity contribution in [3.63, 3.8) is 0 Å². The third-order valence-electron chi connectivity index (χ3n) is 1.63. The Morgan fingerprint density at radius 2 is 2.00 bits per heavy atom. The molecule has 0 aliphatic carbocycles. The molecule has 0 aromatic heterocycles. The summed E-state index contributed by atoms with van der Waals surface area (Å²) in [6, 6.07) is 5.87. The van der Waals surface area contributed by atoms with Gasteiger partial charge >= 0.3 is 0 Å². The molecule has 0 aliphatic rings. The summed E-state index contributed by atoms with van der Waals surface area (Å²) in [5.41, 5.74) is 1.32. The summed E-state index contributed by atoms with van der Waals surface area (Å²) in [6.07, 6.45) is 0.627. The second kappa shape index (κ2) is 3.85. The molecular weight excluding hydrogens is 157 g/mol. The molecule has 0 spiro atoms. The molecule has 0 saturated heterocycles. The predicted molar refractivity (Wildman–Crippen MR) is 45.0 cm³/mol. The number of nitrogens with zero attached hydrogens (tertiary/aromatic N) is 1.